The minimum Gasteiger partial charge on any atom is -0.268 e. The van der Waals surface area contributed by atoms with Crippen LogP contribution >= 0.6 is 0 Å². The predicted molar refractivity (Wildman–Crippen MR) is 110 cm³/mol. The molecule has 0 unspecified atom stereocenters. The fraction of sp³-hybridized carbons (Fsp3) is 0.364. The highest BCUT2D eigenvalue weighted by atomic mass is 15.3. The lowest BCUT2D eigenvalue weighted by Gasteiger charge is -2.04. The molecule has 26 heavy (non-hydrogen) atoms. The van der Waals surface area contributed by atoms with Crippen LogP contribution in [0.15, 0.2) is 48.8 Å². The number of fused-ring (bicyclic) bond motifs is 2. The quantitative estimate of drug-likeness (QED) is 0.486. The third kappa shape index (κ3) is 3.64. The number of benzene rings is 2. The molecule has 0 saturated heterocycles. The van der Waals surface area contributed by atoms with Crippen molar-refractivity contribution in [2.75, 3.05) is 0 Å². The number of rotatable bonds is 2. The van der Waals surface area contributed by atoms with E-state index in [2.05, 4.69) is 74.3 Å². The standard InChI is InChI=1S/2C11H14N2/c1-8(2)9-4-5-11-10(6-9)7-12-13(11)3;1-8(2)9-4-5-10-7-12-13(3)11(10)6-9/h2*4-8H,1-3H3. The Balaban J connectivity index is 0.000000151. The van der Waals surface area contributed by atoms with Crippen LogP contribution in [0.2, 0.25) is 0 Å². The van der Waals surface area contributed by atoms with Gasteiger partial charge in [-0.15, -0.1) is 0 Å². The van der Waals surface area contributed by atoms with E-state index in [1.165, 1.54) is 32.9 Å². The minimum atomic E-state index is 0.583. The summed E-state index contributed by atoms with van der Waals surface area (Å²) in [4.78, 5) is 0. The van der Waals surface area contributed by atoms with Crippen LogP contribution in [0, 0.1) is 0 Å². The first-order valence-electron chi connectivity index (χ1n) is 9.20. The van der Waals surface area contributed by atoms with Gasteiger partial charge in [0.05, 0.1) is 23.4 Å². The average Bonchev–Trinajstić information content (AvgIpc) is 3.18. The van der Waals surface area contributed by atoms with Gasteiger partial charge in [-0.3, -0.25) is 9.36 Å². The average molecular weight is 348 g/mol. The van der Waals surface area contributed by atoms with Gasteiger partial charge in [-0.05, 0) is 41.2 Å². The van der Waals surface area contributed by atoms with E-state index in [1.807, 2.05) is 35.9 Å². The molecular formula is C22H28N4. The van der Waals surface area contributed by atoms with E-state index in [4.69, 9.17) is 0 Å². The van der Waals surface area contributed by atoms with Crippen LogP contribution in [0.4, 0.5) is 0 Å². The van der Waals surface area contributed by atoms with Gasteiger partial charge in [0.1, 0.15) is 0 Å². The highest BCUT2D eigenvalue weighted by molar-refractivity contribution is 5.80. The Labute approximate surface area is 155 Å². The molecule has 2 aromatic carbocycles. The molecule has 2 aromatic heterocycles. The first-order chi connectivity index (χ1) is 12.4. The maximum absolute atomic E-state index is 4.21. The SMILES string of the molecule is CC(C)c1ccc2c(cnn2C)c1.CC(C)c1ccc2cnn(C)c2c1. The van der Waals surface area contributed by atoms with Crippen LogP contribution < -0.4 is 0 Å². The van der Waals surface area contributed by atoms with Crippen molar-refractivity contribution in [1.29, 1.82) is 0 Å². The summed E-state index contributed by atoms with van der Waals surface area (Å²) >= 11 is 0. The van der Waals surface area contributed by atoms with Crippen molar-refractivity contribution in [3.05, 3.63) is 59.9 Å². The number of hydrogen-bond donors (Lipinski definition) is 0. The summed E-state index contributed by atoms with van der Waals surface area (Å²) in [7, 11) is 3.95. The summed E-state index contributed by atoms with van der Waals surface area (Å²) in [5.74, 6) is 1.17. The highest BCUT2D eigenvalue weighted by Crippen LogP contribution is 2.21. The van der Waals surface area contributed by atoms with Crippen molar-refractivity contribution in [3.8, 4) is 0 Å². The summed E-state index contributed by atoms with van der Waals surface area (Å²) in [5, 5.41) is 10.9. The van der Waals surface area contributed by atoms with Gasteiger partial charge >= 0.3 is 0 Å². The Bertz CT molecular complexity index is 1020. The molecule has 4 aromatic rings. The largest absolute Gasteiger partial charge is 0.268 e. The lowest BCUT2D eigenvalue weighted by Crippen LogP contribution is -1.91. The van der Waals surface area contributed by atoms with Gasteiger partial charge in [0.25, 0.3) is 0 Å². The monoisotopic (exact) mass is 348 g/mol. The number of aryl methyl sites for hydroxylation is 2. The molecule has 0 amide bonds. The highest BCUT2D eigenvalue weighted by Gasteiger charge is 2.04. The van der Waals surface area contributed by atoms with Crippen molar-refractivity contribution < 1.29 is 0 Å². The van der Waals surface area contributed by atoms with Crippen LogP contribution in [0.3, 0.4) is 0 Å². The minimum absolute atomic E-state index is 0.583. The van der Waals surface area contributed by atoms with Crippen LogP contribution in [0.1, 0.15) is 50.7 Å². The van der Waals surface area contributed by atoms with Gasteiger partial charge in [0.15, 0.2) is 0 Å². The van der Waals surface area contributed by atoms with Crippen LogP contribution in [0.25, 0.3) is 21.8 Å². The van der Waals surface area contributed by atoms with E-state index in [9.17, 15) is 0 Å². The molecule has 0 fully saturated rings. The van der Waals surface area contributed by atoms with E-state index >= 15 is 0 Å². The normalized spacial score (nSPS) is 11.4. The maximum Gasteiger partial charge on any atom is 0.0681 e. The van der Waals surface area contributed by atoms with Gasteiger partial charge in [0, 0.05) is 24.9 Å². The number of aromatic nitrogens is 4. The van der Waals surface area contributed by atoms with Crippen LogP contribution in [-0.4, -0.2) is 19.6 Å². The molecule has 0 aliphatic rings. The molecule has 2 heterocycles. The van der Waals surface area contributed by atoms with Crippen molar-refractivity contribution >= 4 is 21.8 Å². The number of nitrogens with zero attached hydrogens (tertiary/aromatic N) is 4. The molecule has 0 radical (unpaired) electrons. The summed E-state index contributed by atoms with van der Waals surface area (Å²) < 4.78 is 3.82. The van der Waals surface area contributed by atoms with E-state index in [1.54, 1.807) is 0 Å². The molecule has 0 spiro atoms. The molecule has 136 valence electrons. The predicted octanol–water partition coefficient (Wildman–Crippen LogP) is 5.39. The maximum atomic E-state index is 4.21. The smallest absolute Gasteiger partial charge is 0.0681 e. The second kappa shape index (κ2) is 7.32. The third-order valence-corrected chi connectivity index (χ3v) is 4.88. The van der Waals surface area contributed by atoms with Gasteiger partial charge in [-0.25, -0.2) is 0 Å². The van der Waals surface area contributed by atoms with Crippen molar-refractivity contribution in [3.63, 3.8) is 0 Å². The summed E-state index contributed by atoms with van der Waals surface area (Å²) in [5.41, 5.74) is 5.16. The second-order valence-electron chi connectivity index (χ2n) is 7.48. The summed E-state index contributed by atoms with van der Waals surface area (Å²) in [6.45, 7) is 8.82. The van der Waals surface area contributed by atoms with Crippen LogP contribution in [-0.2, 0) is 14.1 Å². The molecule has 4 heteroatoms. The second-order valence-corrected chi connectivity index (χ2v) is 7.48. The molecule has 0 aliphatic carbocycles. The fourth-order valence-corrected chi connectivity index (χ4v) is 3.06. The Hall–Kier alpha value is -2.62. The Morgan fingerprint density at radius 1 is 0.654 bits per heavy atom. The lowest BCUT2D eigenvalue weighted by atomic mass is 10.0. The zero-order valence-electron chi connectivity index (χ0n) is 16.6. The Morgan fingerprint density at radius 3 is 1.85 bits per heavy atom. The molecule has 4 rings (SSSR count). The molecule has 0 atom stereocenters. The Morgan fingerprint density at radius 2 is 1.19 bits per heavy atom. The summed E-state index contributed by atoms with van der Waals surface area (Å²) in [6.07, 6.45) is 3.82. The zero-order chi connectivity index (χ0) is 18.8. The molecule has 0 saturated carbocycles. The Kier molecular flexibility index (Phi) is 5.12. The fourth-order valence-electron chi connectivity index (χ4n) is 3.06. The topological polar surface area (TPSA) is 35.6 Å². The number of hydrogen-bond acceptors (Lipinski definition) is 2. The van der Waals surface area contributed by atoms with Crippen molar-refractivity contribution in [2.45, 2.75) is 39.5 Å². The van der Waals surface area contributed by atoms with Gasteiger partial charge in [-0.1, -0.05) is 45.9 Å². The van der Waals surface area contributed by atoms with Gasteiger partial charge in [-0.2, -0.15) is 10.2 Å². The van der Waals surface area contributed by atoms with Crippen LogP contribution in [0.5, 0.6) is 0 Å². The van der Waals surface area contributed by atoms with E-state index < -0.39 is 0 Å². The van der Waals surface area contributed by atoms with Crippen molar-refractivity contribution in [2.24, 2.45) is 14.1 Å². The third-order valence-electron chi connectivity index (χ3n) is 4.88. The first kappa shape index (κ1) is 18.2. The first-order valence-corrected chi connectivity index (χ1v) is 9.20. The molecule has 4 nitrogen and oxygen atoms in total. The van der Waals surface area contributed by atoms with E-state index in [-0.39, 0.29) is 0 Å². The molecule has 0 N–H and O–H groups in total. The van der Waals surface area contributed by atoms with E-state index in [0.29, 0.717) is 11.8 Å². The molecule has 0 aliphatic heterocycles. The van der Waals surface area contributed by atoms with Gasteiger partial charge < -0.3 is 0 Å². The molecule has 0 bridgehead atoms. The molecular weight excluding hydrogens is 320 g/mol. The van der Waals surface area contributed by atoms with Crippen molar-refractivity contribution in [1.82, 2.24) is 19.6 Å². The van der Waals surface area contributed by atoms with Gasteiger partial charge in [0.2, 0.25) is 0 Å². The zero-order valence-corrected chi connectivity index (χ0v) is 16.6. The lowest BCUT2D eigenvalue weighted by molar-refractivity contribution is 0.794. The summed E-state index contributed by atoms with van der Waals surface area (Å²) in [6, 6.07) is 13.1. The van der Waals surface area contributed by atoms with E-state index in [0.717, 1.165) is 0 Å².